The van der Waals surface area contributed by atoms with Crippen LogP contribution in [-0.4, -0.2) is 24.5 Å². The number of nitrogens with zero attached hydrogens (tertiary/aromatic N) is 1. The van der Waals surface area contributed by atoms with Gasteiger partial charge >= 0.3 is 0 Å². The number of nitro groups is 1. The molecule has 0 atom stereocenters. The zero-order valence-electron chi connectivity index (χ0n) is 13.0. The molecule has 0 spiro atoms. The van der Waals surface area contributed by atoms with Gasteiger partial charge < -0.3 is 14.8 Å². The summed E-state index contributed by atoms with van der Waals surface area (Å²) in [5, 5.41) is 13.9. The summed E-state index contributed by atoms with van der Waals surface area (Å²) in [4.78, 5) is 23.1. The van der Waals surface area contributed by atoms with Crippen molar-refractivity contribution >= 4 is 33.2 Å². The van der Waals surface area contributed by atoms with Crippen LogP contribution >= 0.6 is 15.9 Å². The molecule has 0 radical (unpaired) electrons. The van der Waals surface area contributed by atoms with Gasteiger partial charge in [0.25, 0.3) is 11.6 Å². The Balaban J connectivity index is 2.44. The van der Waals surface area contributed by atoms with Crippen LogP contribution < -0.4 is 14.8 Å². The molecular weight excluding hydrogens is 380 g/mol. The van der Waals surface area contributed by atoms with Gasteiger partial charge in [-0.05, 0) is 25.1 Å². The van der Waals surface area contributed by atoms with Crippen molar-refractivity contribution in [3.63, 3.8) is 0 Å². The molecule has 24 heavy (non-hydrogen) atoms. The van der Waals surface area contributed by atoms with Crippen LogP contribution in [-0.2, 0) is 0 Å². The van der Waals surface area contributed by atoms with Crippen molar-refractivity contribution in [3.05, 3.63) is 56.5 Å². The van der Waals surface area contributed by atoms with Crippen molar-refractivity contribution in [3.8, 4) is 11.5 Å². The summed E-state index contributed by atoms with van der Waals surface area (Å²) in [6.07, 6.45) is 0. The summed E-state index contributed by atoms with van der Waals surface area (Å²) in [7, 11) is 1.38. The molecular formula is C16H15BrN2O5. The lowest BCUT2D eigenvalue weighted by atomic mass is 10.1. The molecule has 2 rings (SSSR count). The molecule has 0 bridgehead atoms. The van der Waals surface area contributed by atoms with Crippen LogP contribution in [0.4, 0.5) is 11.4 Å². The maximum Gasteiger partial charge on any atom is 0.286 e. The fourth-order valence-corrected chi connectivity index (χ4v) is 2.47. The van der Waals surface area contributed by atoms with E-state index in [4.69, 9.17) is 9.47 Å². The van der Waals surface area contributed by atoms with E-state index in [9.17, 15) is 14.9 Å². The summed E-state index contributed by atoms with van der Waals surface area (Å²) < 4.78 is 11.3. The van der Waals surface area contributed by atoms with E-state index in [1.165, 1.54) is 19.2 Å². The van der Waals surface area contributed by atoms with E-state index in [2.05, 4.69) is 21.2 Å². The zero-order chi connectivity index (χ0) is 17.7. The van der Waals surface area contributed by atoms with Crippen molar-refractivity contribution in [1.82, 2.24) is 0 Å². The van der Waals surface area contributed by atoms with E-state index in [1.807, 2.05) is 0 Å². The predicted octanol–water partition coefficient (Wildman–Crippen LogP) is 4.02. The molecule has 0 aliphatic rings. The number of benzene rings is 2. The third kappa shape index (κ3) is 4.02. The van der Waals surface area contributed by atoms with Crippen LogP contribution in [0, 0.1) is 10.1 Å². The van der Waals surface area contributed by atoms with E-state index in [0.29, 0.717) is 12.3 Å². The Kier molecular flexibility index (Phi) is 5.75. The molecule has 1 N–H and O–H groups in total. The summed E-state index contributed by atoms with van der Waals surface area (Å²) in [5.74, 6) is -0.143. The van der Waals surface area contributed by atoms with Gasteiger partial charge in [0.15, 0.2) is 11.5 Å². The number of methoxy groups -OCH3 is 1. The van der Waals surface area contributed by atoms with Gasteiger partial charge in [-0.25, -0.2) is 0 Å². The normalized spacial score (nSPS) is 10.1. The quantitative estimate of drug-likeness (QED) is 0.590. The molecule has 0 saturated carbocycles. The first-order chi connectivity index (χ1) is 11.5. The van der Waals surface area contributed by atoms with Crippen LogP contribution in [0.15, 0.2) is 40.9 Å². The molecule has 2 aromatic carbocycles. The number of amides is 1. The number of carbonyl (C=O) groups excluding carboxylic acids is 1. The van der Waals surface area contributed by atoms with Gasteiger partial charge in [-0.15, -0.1) is 0 Å². The number of nitro benzene ring substituents is 1. The zero-order valence-corrected chi connectivity index (χ0v) is 14.6. The van der Waals surface area contributed by atoms with Crippen LogP contribution in [0.1, 0.15) is 17.3 Å². The second-order valence-corrected chi connectivity index (χ2v) is 5.59. The first kappa shape index (κ1) is 17.7. The standard InChI is InChI=1S/C16H15BrN2O5/c1-3-24-15-8-12(13(19(21)22)9-14(15)23-2)16(20)18-11-6-4-5-10(17)7-11/h4-9H,3H2,1-2H3,(H,18,20). The van der Waals surface area contributed by atoms with Gasteiger partial charge in [-0.2, -0.15) is 0 Å². The molecule has 126 valence electrons. The van der Waals surface area contributed by atoms with Gasteiger partial charge in [-0.1, -0.05) is 22.0 Å². The van der Waals surface area contributed by atoms with Gasteiger partial charge in [0.2, 0.25) is 0 Å². The van der Waals surface area contributed by atoms with Crippen molar-refractivity contribution < 1.29 is 19.2 Å². The van der Waals surface area contributed by atoms with Crippen molar-refractivity contribution in [1.29, 1.82) is 0 Å². The second-order valence-electron chi connectivity index (χ2n) is 4.67. The summed E-state index contributed by atoms with van der Waals surface area (Å²) in [6, 6.07) is 9.42. The monoisotopic (exact) mass is 394 g/mol. The fraction of sp³-hybridized carbons (Fsp3) is 0.188. The Morgan fingerprint density at radius 2 is 2.04 bits per heavy atom. The number of halogens is 1. The second kappa shape index (κ2) is 7.78. The molecule has 0 aliphatic carbocycles. The Hall–Kier alpha value is -2.61. The lowest BCUT2D eigenvalue weighted by Gasteiger charge is -2.12. The highest BCUT2D eigenvalue weighted by Gasteiger charge is 2.24. The highest BCUT2D eigenvalue weighted by atomic mass is 79.9. The predicted molar refractivity (Wildman–Crippen MR) is 92.9 cm³/mol. The summed E-state index contributed by atoms with van der Waals surface area (Å²) in [6.45, 7) is 2.10. The maximum absolute atomic E-state index is 12.5. The lowest BCUT2D eigenvalue weighted by Crippen LogP contribution is -2.14. The molecule has 8 heteroatoms. The molecule has 0 aliphatic heterocycles. The number of carbonyl (C=O) groups is 1. The first-order valence-electron chi connectivity index (χ1n) is 7.02. The average Bonchev–Trinajstić information content (AvgIpc) is 2.54. The van der Waals surface area contributed by atoms with Gasteiger partial charge in [0, 0.05) is 16.2 Å². The van der Waals surface area contributed by atoms with Gasteiger partial charge in [-0.3, -0.25) is 14.9 Å². The fourth-order valence-electron chi connectivity index (χ4n) is 2.07. The average molecular weight is 395 g/mol. The van der Waals surface area contributed by atoms with E-state index in [1.54, 1.807) is 31.2 Å². The van der Waals surface area contributed by atoms with Crippen LogP contribution in [0.3, 0.4) is 0 Å². The highest BCUT2D eigenvalue weighted by molar-refractivity contribution is 9.10. The van der Waals surface area contributed by atoms with Gasteiger partial charge in [0.1, 0.15) is 5.56 Å². The molecule has 0 heterocycles. The molecule has 0 saturated heterocycles. The largest absolute Gasteiger partial charge is 0.493 e. The SMILES string of the molecule is CCOc1cc(C(=O)Nc2cccc(Br)c2)c([N+](=O)[O-])cc1OC. The minimum absolute atomic E-state index is 0.107. The van der Waals surface area contributed by atoms with E-state index in [0.717, 1.165) is 4.47 Å². The Bertz CT molecular complexity index is 779. The third-order valence-electron chi connectivity index (χ3n) is 3.11. The smallest absolute Gasteiger partial charge is 0.286 e. The number of anilines is 1. The number of hydrogen-bond acceptors (Lipinski definition) is 5. The molecule has 0 unspecified atom stereocenters. The topological polar surface area (TPSA) is 90.7 Å². The van der Waals surface area contributed by atoms with Gasteiger partial charge in [0.05, 0.1) is 24.7 Å². The summed E-state index contributed by atoms with van der Waals surface area (Å²) in [5.41, 5.74) is 0.0458. The van der Waals surface area contributed by atoms with E-state index in [-0.39, 0.29) is 22.7 Å². The maximum atomic E-state index is 12.5. The summed E-state index contributed by atoms with van der Waals surface area (Å²) >= 11 is 3.30. The van der Waals surface area contributed by atoms with Crippen LogP contribution in [0.5, 0.6) is 11.5 Å². The molecule has 1 amide bonds. The number of hydrogen-bond donors (Lipinski definition) is 1. The highest BCUT2D eigenvalue weighted by Crippen LogP contribution is 2.35. The van der Waals surface area contributed by atoms with Crippen molar-refractivity contribution in [2.24, 2.45) is 0 Å². The Morgan fingerprint density at radius 3 is 2.62 bits per heavy atom. The molecule has 0 aromatic heterocycles. The minimum atomic E-state index is -0.631. The van der Waals surface area contributed by atoms with Crippen molar-refractivity contribution in [2.75, 3.05) is 19.0 Å². The number of ether oxygens (including phenoxy) is 2. The number of nitrogens with one attached hydrogen (secondary N) is 1. The number of rotatable bonds is 6. The first-order valence-corrected chi connectivity index (χ1v) is 7.81. The van der Waals surface area contributed by atoms with Crippen molar-refractivity contribution in [2.45, 2.75) is 6.92 Å². The van der Waals surface area contributed by atoms with Crippen LogP contribution in [0.25, 0.3) is 0 Å². The molecule has 0 fully saturated rings. The van der Waals surface area contributed by atoms with E-state index >= 15 is 0 Å². The Morgan fingerprint density at radius 1 is 1.29 bits per heavy atom. The Labute approximate surface area is 146 Å². The molecule has 7 nitrogen and oxygen atoms in total. The third-order valence-corrected chi connectivity index (χ3v) is 3.60. The van der Waals surface area contributed by atoms with Crippen LogP contribution in [0.2, 0.25) is 0 Å². The molecule has 2 aromatic rings. The van der Waals surface area contributed by atoms with E-state index < -0.39 is 10.8 Å². The minimum Gasteiger partial charge on any atom is -0.493 e. The lowest BCUT2D eigenvalue weighted by molar-refractivity contribution is -0.385.